The van der Waals surface area contributed by atoms with Crippen molar-refractivity contribution in [3.8, 4) is 0 Å². The van der Waals surface area contributed by atoms with E-state index in [0.29, 0.717) is 34.0 Å². The van der Waals surface area contributed by atoms with Gasteiger partial charge in [0.25, 0.3) is 0 Å². The molecule has 0 aliphatic carbocycles. The molecule has 0 aliphatic rings. The van der Waals surface area contributed by atoms with E-state index in [1.807, 2.05) is 25.1 Å². The third kappa shape index (κ3) is 4.13. The number of hydrogen-bond acceptors (Lipinski definition) is 5. The van der Waals surface area contributed by atoms with Crippen LogP contribution in [0.25, 0.3) is 0 Å². The third-order valence-electron chi connectivity index (χ3n) is 3.27. The van der Waals surface area contributed by atoms with Crippen molar-refractivity contribution >= 4 is 40.7 Å². The zero-order valence-corrected chi connectivity index (χ0v) is 14.4. The van der Waals surface area contributed by atoms with E-state index in [1.54, 1.807) is 30.6 Å². The standard InChI is InChI=1S/C17H15Cl2N5/c1-11-9-15(23-16-13(18)3-2-4-14(16)19)24-17(22-11)21-10-12-5-7-20-8-6-12/h2-9H,10H2,1H3,(H2,21,22,23,24). The second kappa shape index (κ2) is 7.47. The molecular formula is C17H15Cl2N5. The van der Waals surface area contributed by atoms with Gasteiger partial charge in [-0.05, 0) is 36.8 Å². The number of pyridine rings is 1. The van der Waals surface area contributed by atoms with Crippen LogP contribution < -0.4 is 10.6 Å². The molecule has 122 valence electrons. The molecule has 7 heteroatoms. The fraction of sp³-hybridized carbons (Fsp3) is 0.118. The largest absolute Gasteiger partial charge is 0.350 e. The van der Waals surface area contributed by atoms with Crippen molar-refractivity contribution in [1.29, 1.82) is 0 Å². The average molecular weight is 360 g/mol. The van der Waals surface area contributed by atoms with Gasteiger partial charge in [0, 0.05) is 30.7 Å². The van der Waals surface area contributed by atoms with Crippen molar-refractivity contribution < 1.29 is 0 Å². The minimum Gasteiger partial charge on any atom is -0.350 e. The van der Waals surface area contributed by atoms with Crippen molar-refractivity contribution in [2.45, 2.75) is 13.5 Å². The molecule has 2 heterocycles. The summed E-state index contributed by atoms with van der Waals surface area (Å²) in [6, 6.07) is 11.0. The summed E-state index contributed by atoms with van der Waals surface area (Å²) in [7, 11) is 0. The number of aromatic nitrogens is 3. The van der Waals surface area contributed by atoms with Gasteiger partial charge in [0.15, 0.2) is 0 Å². The highest BCUT2D eigenvalue weighted by Crippen LogP contribution is 2.32. The molecule has 5 nitrogen and oxygen atoms in total. The fourth-order valence-corrected chi connectivity index (χ4v) is 2.63. The van der Waals surface area contributed by atoms with Gasteiger partial charge in [-0.1, -0.05) is 29.3 Å². The molecule has 3 aromatic rings. The molecule has 2 N–H and O–H groups in total. The maximum absolute atomic E-state index is 6.19. The van der Waals surface area contributed by atoms with Gasteiger partial charge in [-0.15, -0.1) is 0 Å². The Morgan fingerprint density at radius 3 is 2.42 bits per heavy atom. The van der Waals surface area contributed by atoms with Crippen LogP contribution in [0.15, 0.2) is 48.8 Å². The minimum absolute atomic E-state index is 0.525. The molecule has 3 rings (SSSR count). The van der Waals surface area contributed by atoms with Gasteiger partial charge in [0.05, 0.1) is 15.7 Å². The maximum atomic E-state index is 6.19. The van der Waals surface area contributed by atoms with Gasteiger partial charge in [-0.3, -0.25) is 4.98 Å². The number of benzene rings is 1. The number of nitrogens with one attached hydrogen (secondary N) is 2. The van der Waals surface area contributed by atoms with Crippen molar-refractivity contribution in [3.63, 3.8) is 0 Å². The molecule has 2 aromatic heterocycles. The first-order valence-corrected chi connectivity index (χ1v) is 8.07. The van der Waals surface area contributed by atoms with Gasteiger partial charge >= 0.3 is 0 Å². The predicted molar refractivity (Wildman–Crippen MR) is 98.1 cm³/mol. The number of nitrogens with zero attached hydrogens (tertiary/aromatic N) is 3. The van der Waals surface area contributed by atoms with Crippen LogP contribution in [0.2, 0.25) is 10.0 Å². The summed E-state index contributed by atoms with van der Waals surface area (Å²) in [6.45, 7) is 2.51. The molecule has 0 fully saturated rings. The Balaban J connectivity index is 1.79. The molecular weight excluding hydrogens is 345 g/mol. The summed E-state index contributed by atoms with van der Waals surface area (Å²) in [6.07, 6.45) is 3.50. The number of para-hydroxylation sites is 1. The van der Waals surface area contributed by atoms with Crippen LogP contribution in [0.5, 0.6) is 0 Å². The van der Waals surface area contributed by atoms with Crippen molar-refractivity contribution in [2.24, 2.45) is 0 Å². The highest BCUT2D eigenvalue weighted by atomic mass is 35.5. The lowest BCUT2D eigenvalue weighted by Gasteiger charge is -2.12. The molecule has 24 heavy (non-hydrogen) atoms. The minimum atomic E-state index is 0.525. The molecule has 0 bridgehead atoms. The van der Waals surface area contributed by atoms with E-state index >= 15 is 0 Å². The molecule has 0 radical (unpaired) electrons. The summed E-state index contributed by atoms with van der Waals surface area (Å²) in [5.74, 6) is 1.15. The molecule has 0 saturated carbocycles. The lowest BCUT2D eigenvalue weighted by Crippen LogP contribution is -2.06. The van der Waals surface area contributed by atoms with Crippen LogP contribution in [-0.2, 0) is 6.54 Å². The van der Waals surface area contributed by atoms with E-state index < -0.39 is 0 Å². The Morgan fingerprint density at radius 2 is 1.71 bits per heavy atom. The molecule has 0 atom stereocenters. The zero-order chi connectivity index (χ0) is 16.9. The number of hydrogen-bond donors (Lipinski definition) is 2. The highest BCUT2D eigenvalue weighted by Gasteiger charge is 2.08. The van der Waals surface area contributed by atoms with Crippen molar-refractivity contribution in [2.75, 3.05) is 10.6 Å². The molecule has 0 amide bonds. The summed E-state index contributed by atoms with van der Waals surface area (Å²) in [5, 5.41) is 7.42. The monoisotopic (exact) mass is 359 g/mol. The van der Waals surface area contributed by atoms with Crippen LogP contribution in [0.4, 0.5) is 17.5 Å². The van der Waals surface area contributed by atoms with Gasteiger partial charge in [0.1, 0.15) is 5.82 Å². The van der Waals surface area contributed by atoms with Crippen LogP contribution in [0.1, 0.15) is 11.3 Å². The van der Waals surface area contributed by atoms with E-state index in [0.717, 1.165) is 11.3 Å². The Morgan fingerprint density at radius 1 is 1.00 bits per heavy atom. The third-order valence-corrected chi connectivity index (χ3v) is 3.90. The highest BCUT2D eigenvalue weighted by molar-refractivity contribution is 6.39. The van der Waals surface area contributed by atoms with Crippen LogP contribution in [-0.4, -0.2) is 15.0 Å². The Labute approximate surface area is 150 Å². The predicted octanol–water partition coefficient (Wildman–Crippen LogP) is 4.84. The molecule has 0 spiro atoms. The number of anilines is 3. The van der Waals surface area contributed by atoms with E-state index in [4.69, 9.17) is 23.2 Å². The van der Waals surface area contributed by atoms with Gasteiger partial charge < -0.3 is 10.6 Å². The Kier molecular flexibility index (Phi) is 5.13. The van der Waals surface area contributed by atoms with Crippen molar-refractivity contribution in [1.82, 2.24) is 15.0 Å². The van der Waals surface area contributed by atoms with Gasteiger partial charge in [-0.2, -0.15) is 4.98 Å². The average Bonchev–Trinajstić information content (AvgIpc) is 2.57. The quantitative estimate of drug-likeness (QED) is 0.682. The van der Waals surface area contributed by atoms with E-state index in [-0.39, 0.29) is 0 Å². The molecule has 0 saturated heterocycles. The summed E-state index contributed by atoms with van der Waals surface area (Å²) in [5.41, 5.74) is 2.55. The van der Waals surface area contributed by atoms with Gasteiger partial charge in [0.2, 0.25) is 5.95 Å². The molecule has 0 unspecified atom stereocenters. The number of rotatable bonds is 5. The maximum Gasteiger partial charge on any atom is 0.225 e. The summed E-state index contributed by atoms with van der Waals surface area (Å²) < 4.78 is 0. The normalized spacial score (nSPS) is 10.5. The second-order valence-corrected chi connectivity index (χ2v) is 5.96. The summed E-state index contributed by atoms with van der Waals surface area (Å²) >= 11 is 12.4. The Hall–Kier alpha value is -2.37. The lowest BCUT2D eigenvalue weighted by atomic mass is 10.3. The van der Waals surface area contributed by atoms with Crippen LogP contribution in [0.3, 0.4) is 0 Å². The van der Waals surface area contributed by atoms with E-state index in [1.165, 1.54) is 0 Å². The van der Waals surface area contributed by atoms with Gasteiger partial charge in [-0.25, -0.2) is 4.98 Å². The van der Waals surface area contributed by atoms with Crippen LogP contribution in [0, 0.1) is 6.92 Å². The Bertz CT molecular complexity index is 819. The zero-order valence-electron chi connectivity index (χ0n) is 12.9. The summed E-state index contributed by atoms with van der Waals surface area (Å²) in [4.78, 5) is 12.8. The SMILES string of the molecule is Cc1cc(Nc2c(Cl)cccc2Cl)nc(NCc2ccncc2)n1. The second-order valence-electron chi connectivity index (χ2n) is 5.15. The topological polar surface area (TPSA) is 62.7 Å². The van der Waals surface area contributed by atoms with Crippen molar-refractivity contribution in [3.05, 3.63) is 70.1 Å². The first-order valence-electron chi connectivity index (χ1n) is 7.31. The smallest absolute Gasteiger partial charge is 0.225 e. The molecule has 1 aromatic carbocycles. The molecule has 0 aliphatic heterocycles. The first-order chi connectivity index (χ1) is 11.6. The number of halogens is 2. The lowest BCUT2D eigenvalue weighted by molar-refractivity contribution is 1.03. The fourth-order valence-electron chi connectivity index (χ4n) is 2.14. The number of aryl methyl sites for hydroxylation is 1. The van der Waals surface area contributed by atoms with E-state index in [9.17, 15) is 0 Å². The first kappa shape index (κ1) is 16.5. The van der Waals surface area contributed by atoms with E-state index in [2.05, 4.69) is 25.6 Å². The van der Waals surface area contributed by atoms with Crippen LogP contribution >= 0.6 is 23.2 Å².